The molecule has 0 unspecified atom stereocenters. The average molecular weight is 396 g/mol. The summed E-state index contributed by atoms with van der Waals surface area (Å²) in [6, 6.07) is 15.8. The number of para-hydroxylation sites is 1. The molecule has 5 nitrogen and oxygen atoms in total. The lowest BCUT2D eigenvalue weighted by molar-refractivity contribution is -0.128. The van der Waals surface area contributed by atoms with Crippen LogP contribution in [0.5, 0.6) is 0 Å². The van der Waals surface area contributed by atoms with Gasteiger partial charge in [0.25, 0.3) is 0 Å². The quantitative estimate of drug-likeness (QED) is 0.693. The van der Waals surface area contributed by atoms with Crippen molar-refractivity contribution in [2.75, 3.05) is 20.1 Å². The van der Waals surface area contributed by atoms with E-state index in [1.807, 2.05) is 48.7 Å². The van der Waals surface area contributed by atoms with Gasteiger partial charge in [-0.3, -0.25) is 9.59 Å². The van der Waals surface area contributed by atoms with Gasteiger partial charge in [-0.1, -0.05) is 48.0 Å². The van der Waals surface area contributed by atoms with Gasteiger partial charge in [-0.05, 0) is 23.3 Å². The summed E-state index contributed by atoms with van der Waals surface area (Å²) in [6.07, 6.45) is 2.25. The summed E-state index contributed by atoms with van der Waals surface area (Å²) in [5.41, 5.74) is 3.10. The van der Waals surface area contributed by atoms with E-state index in [-0.39, 0.29) is 30.1 Å². The van der Waals surface area contributed by atoms with Gasteiger partial charge in [0.1, 0.15) is 0 Å². The zero-order chi connectivity index (χ0) is 19.7. The van der Waals surface area contributed by atoms with Crippen LogP contribution < -0.4 is 5.32 Å². The first-order chi connectivity index (χ1) is 13.5. The zero-order valence-electron chi connectivity index (χ0n) is 15.6. The highest BCUT2D eigenvalue weighted by Crippen LogP contribution is 2.34. The van der Waals surface area contributed by atoms with Crippen molar-refractivity contribution < 1.29 is 9.59 Å². The minimum Gasteiger partial charge on any atom is -0.361 e. The van der Waals surface area contributed by atoms with E-state index < -0.39 is 0 Å². The second kappa shape index (κ2) is 7.68. The lowest BCUT2D eigenvalue weighted by Crippen LogP contribution is -2.35. The summed E-state index contributed by atoms with van der Waals surface area (Å²) in [6.45, 7) is 0.882. The maximum atomic E-state index is 12.7. The first kappa shape index (κ1) is 18.6. The van der Waals surface area contributed by atoms with Crippen LogP contribution in [0.3, 0.4) is 0 Å². The van der Waals surface area contributed by atoms with Crippen LogP contribution in [0, 0.1) is 5.92 Å². The van der Waals surface area contributed by atoms with Crippen LogP contribution in [0.1, 0.15) is 23.5 Å². The number of aromatic amines is 1. The second-order valence-corrected chi connectivity index (χ2v) is 7.69. The molecule has 4 rings (SSSR count). The largest absolute Gasteiger partial charge is 0.361 e. The molecule has 0 bridgehead atoms. The predicted molar refractivity (Wildman–Crippen MR) is 110 cm³/mol. The third-order valence-electron chi connectivity index (χ3n) is 5.47. The number of rotatable bonds is 5. The number of fused-ring (bicyclic) bond motifs is 1. The first-order valence-corrected chi connectivity index (χ1v) is 9.74. The molecule has 0 radical (unpaired) electrons. The fourth-order valence-corrected chi connectivity index (χ4v) is 4.18. The van der Waals surface area contributed by atoms with Gasteiger partial charge < -0.3 is 15.2 Å². The minimum atomic E-state index is -0.299. The number of H-pyrrole nitrogens is 1. The topological polar surface area (TPSA) is 65.2 Å². The van der Waals surface area contributed by atoms with Crippen molar-refractivity contribution in [2.24, 2.45) is 5.92 Å². The molecule has 144 valence electrons. The number of hydrogen-bond donors (Lipinski definition) is 2. The zero-order valence-corrected chi connectivity index (χ0v) is 16.4. The summed E-state index contributed by atoms with van der Waals surface area (Å²) in [4.78, 5) is 29.3. The monoisotopic (exact) mass is 395 g/mol. The molecule has 1 aliphatic rings. The number of nitrogens with zero attached hydrogens (tertiary/aromatic N) is 1. The highest BCUT2D eigenvalue weighted by Gasteiger charge is 2.32. The highest BCUT2D eigenvalue weighted by atomic mass is 35.5. The lowest BCUT2D eigenvalue weighted by Gasteiger charge is -2.20. The van der Waals surface area contributed by atoms with E-state index in [0.29, 0.717) is 18.1 Å². The third kappa shape index (κ3) is 3.50. The molecule has 0 spiro atoms. The second-order valence-electron chi connectivity index (χ2n) is 7.28. The van der Waals surface area contributed by atoms with Crippen LogP contribution in [0.2, 0.25) is 5.02 Å². The molecule has 2 atom stereocenters. The summed E-state index contributed by atoms with van der Waals surface area (Å²) >= 11 is 6.49. The third-order valence-corrected chi connectivity index (χ3v) is 5.81. The van der Waals surface area contributed by atoms with Gasteiger partial charge in [0.15, 0.2) is 0 Å². The van der Waals surface area contributed by atoms with Gasteiger partial charge in [0, 0.05) is 54.6 Å². The predicted octanol–water partition coefficient (Wildman–Crippen LogP) is 3.55. The van der Waals surface area contributed by atoms with Crippen LogP contribution in [0.4, 0.5) is 0 Å². The van der Waals surface area contributed by atoms with Crippen LogP contribution in [-0.2, 0) is 9.59 Å². The number of hydrogen-bond acceptors (Lipinski definition) is 2. The summed E-state index contributed by atoms with van der Waals surface area (Å²) in [5, 5.41) is 4.83. The number of halogens is 1. The molecule has 2 aromatic carbocycles. The van der Waals surface area contributed by atoms with Crippen molar-refractivity contribution in [1.29, 1.82) is 0 Å². The number of carbonyl (C=O) groups excluding carboxylic acids is 2. The van der Waals surface area contributed by atoms with Gasteiger partial charge in [0.2, 0.25) is 11.8 Å². The van der Waals surface area contributed by atoms with Gasteiger partial charge in [-0.2, -0.15) is 0 Å². The lowest BCUT2D eigenvalue weighted by atomic mass is 9.90. The smallest absolute Gasteiger partial charge is 0.225 e. The molecule has 2 amide bonds. The van der Waals surface area contributed by atoms with E-state index in [0.717, 1.165) is 22.0 Å². The van der Waals surface area contributed by atoms with Crippen molar-refractivity contribution in [3.05, 3.63) is 70.9 Å². The van der Waals surface area contributed by atoms with Crippen molar-refractivity contribution in [2.45, 2.75) is 12.3 Å². The Morgan fingerprint density at radius 1 is 1.21 bits per heavy atom. The molecule has 1 aromatic heterocycles. The van der Waals surface area contributed by atoms with E-state index in [1.165, 1.54) is 0 Å². The van der Waals surface area contributed by atoms with Crippen LogP contribution in [0.25, 0.3) is 10.9 Å². The summed E-state index contributed by atoms with van der Waals surface area (Å²) in [7, 11) is 1.73. The van der Waals surface area contributed by atoms with E-state index in [9.17, 15) is 9.59 Å². The van der Waals surface area contributed by atoms with E-state index >= 15 is 0 Å². The van der Waals surface area contributed by atoms with Crippen molar-refractivity contribution >= 4 is 34.3 Å². The maximum Gasteiger partial charge on any atom is 0.225 e. The van der Waals surface area contributed by atoms with Crippen molar-refractivity contribution in [1.82, 2.24) is 15.2 Å². The Morgan fingerprint density at radius 3 is 2.71 bits per heavy atom. The molecule has 0 aliphatic carbocycles. The molecule has 2 heterocycles. The molecular formula is C22H22ClN3O2. The van der Waals surface area contributed by atoms with Crippen LogP contribution >= 0.6 is 11.6 Å². The normalized spacial score (nSPS) is 17.9. The molecule has 1 fully saturated rings. The Labute approximate surface area is 168 Å². The molecule has 1 saturated heterocycles. The molecule has 3 aromatic rings. The van der Waals surface area contributed by atoms with Crippen LogP contribution in [0.15, 0.2) is 54.7 Å². The molecule has 2 N–H and O–H groups in total. The van der Waals surface area contributed by atoms with Gasteiger partial charge >= 0.3 is 0 Å². The Hall–Kier alpha value is -2.79. The van der Waals surface area contributed by atoms with E-state index in [1.54, 1.807) is 11.9 Å². The summed E-state index contributed by atoms with van der Waals surface area (Å²) in [5.74, 6) is -0.468. The Kier molecular flexibility index (Phi) is 5.09. The number of likely N-dealkylation sites (tertiary alicyclic amines) is 1. The van der Waals surface area contributed by atoms with Gasteiger partial charge in [-0.15, -0.1) is 0 Å². The SMILES string of the molecule is CN1C[C@H](C(=O)NC[C@@H](c2ccccc2Cl)c2c[nH]c3ccccc23)CC1=O. The molecule has 0 saturated carbocycles. The van der Waals surface area contributed by atoms with E-state index in [2.05, 4.69) is 16.4 Å². The van der Waals surface area contributed by atoms with Crippen molar-refractivity contribution in [3.8, 4) is 0 Å². The van der Waals surface area contributed by atoms with Gasteiger partial charge in [0.05, 0.1) is 5.92 Å². The van der Waals surface area contributed by atoms with E-state index in [4.69, 9.17) is 11.6 Å². The Bertz CT molecular complexity index is 1030. The number of benzene rings is 2. The number of amides is 2. The first-order valence-electron chi connectivity index (χ1n) is 9.36. The standard InChI is InChI=1S/C22H22ClN3O2/c1-26-13-14(10-21(26)27)22(28)25-12-17(15-6-2-4-8-19(15)23)18-11-24-20-9-5-3-7-16(18)20/h2-9,11,14,17,24H,10,12-13H2,1H3,(H,25,28)/t14-,17+/m1/s1. The number of aromatic nitrogens is 1. The fourth-order valence-electron chi connectivity index (χ4n) is 3.91. The average Bonchev–Trinajstić information content (AvgIpc) is 3.27. The molecule has 28 heavy (non-hydrogen) atoms. The number of carbonyl (C=O) groups is 2. The van der Waals surface area contributed by atoms with Gasteiger partial charge in [-0.25, -0.2) is 0 Å². The van der Waals surface area contributed by atoms with Crippen molar-refractivity contribution in [3.63, 3.8) is 0 Å². The maximum absolute atomic E-state index is 12.7. The fraction of sp³-hybridized carbons (Fsp3) is 0.273. The van der Waals surface area contributed by atoms with Crippen LogP contribution in [-0.4, -0.2) is 41.8 Å². The molecule has 6 heteroatoms. The molecular weight excluding hydrogens is 374 g/mol. The highest BCUT2D eigenvalue weighted by molar-refractivity contribution is 6.31. The minimum absolute atomic E-state index is 0.0134. The Balaban J connectivity index is 1.62. The molecule has 1 aliphatic heterocycles. The summed E-state index contributed by atoms with van der Waals surface area (Å²) < 4.78 is 0. The number of nitrogens with one attached hydrogen (secondary N) is 2. The Morgan fingerprint density at radius 2 is 1.96 bits per heavy atom.